The number of rotatable bonds is 4. The Balaban J connectivity index is 0.000000346. The number of carbonyl (C=O) groups is 2. The van der Waals surface area contributed by atoms with E-state index in [1.165, 1.54) is 0 Å². The number of phenolic OH excluding ortho intramolecular Hbond substituents is 2. The highest BCUT2D eigenvalue weighted by molar-refractivity contribution is 5.69. The first-order valence-corrected chi connectivity index (χ1v) is 7.23. The molecule has 8 N–H and O–H groups in total. The SMILES string of the molecule is Nc1ccc(O)cc1.Nc1ccc(O)cc1.O=C(O)CCCC(=O)O. The van der Waals surface area contributed by atoms with E-state index < -0.39 is 11.9 Å². The molecule has 136 valence electrons. The quantitative estimate of drug-likeness (QED) is 0.360. The van der Waals surface area contributed by atoms with E-state index in [0.29, 0.717) is 11.4 Å². The number of nitrogens with two attached hydrogens (primary N) is 2. The molecule has 8 heteroatoms. The smallest absolute Gasteiger partial charge is 0.303 e. The van der Waals surface area contributed by atoms with Crippen LogP contribution in [0.25, 0.3) is 0 Å². The van der Waals surface area contributed by atoms with E-state index in [-0.39, 0.29) is 30.8 Å². The fourth-order valence-corrected chi connectivity index (χ4v) is 1.34. The first-order valence-electron chi connectivity index (χ1n) is 7.23. The van der Waals surface area contributed by atoms with Crippen LogP contribution in [0.2, 0.25) is 0 Å². The van der Waals surface area contributed by atoms with Gasteiger partial charge in [-0.05, 0) is 55.0 Å². The number of hydrogen-bond donors (Lipinski definition) is 6. The van der Waals surface area contributed by atoms with E-state index in [9.17, 15) is 9.59 Å². The zero-order valence-electron chi connectivity index (χ0n) is 13.5. The predicted octanol–water partition coefficient (Wildman–Crippen LogP) is 2.27. The van der Waals surface area contributed by atoms with E-state index in [2.05, 4.69) is 0 Å². The van der Waals surface area contributed by atoms with Gasteiger partial charge in [-0.25, -0.2) is 0 Å². The van der Waals surface area contributed by atoms with Gasteiger partial charge in [0.1, 0.15) is 11.5 Å². The van der Waals surface area contributed by atoms with Gasteiger partial charge in [0.15, 0.2) is 0 Å². The Kier molecular flexibility index (Phi) is 10.4. The second kappa shape index (κ2) is 12.1. The Morgan fingerprint density at radius 3 is 1.16 bits per heavy atom. The lowest BCUT2D eigenvalue weighted by atomic mass is 10.2. The lowest BCUT2D eigenvalue weighted by Gasteiger charge is -1.89. The van der Waals surface area contributed by atoms with Gasteiger partial charge in [-0.1, -0.05) is 0 Å². The van der Waals surface area contributed by atoms with Crippen molar-refractivity contribution in [1.82, 2.24) is 0 Å². The average molecular weight is 350 g/mol. The van der Waals surface area contributed by atoms with E-state index in [4.69, 9.17) is 31.9 Å². The molecule has 0 amide bonds. The third-order valence-electron chi connectivity index (χ3n) is 2.57. The Labute approximate surface area is 145 Å². The molecule has 0 bridgehead atoms. The van der Waals surface area contributed by atoms with Crippen LogP contribution in [-0.4, -0.2) is 32.4 Å². The monoisotopic (exact) mass is 350 g/mol. The number of benzene rings is 2. The minimum atomic E-state index is -0.948. The van der Waals surface area contributed by atoms with Crippen molar-refractivity contribution < 1.29 is 30.0 Å². The van der Waals surface area contributed by atoms with Gasteiger partial charge in [0.05, 0.1) is 0 Å². The summed E-state index contributed by atoms with van der Waals surface area (Å²) in [5.74, 6) is -1.40. The molecule has 2 rings (SSSR count). The molecule has 0 radical (unpaired) electrons. The van der Waals surface area contributed by atoms with Crippen molar-refractivity contribution in [3.63, 3.8) is 0 Å². The van der Waals surface area contributed by atoms with Gasteiger partial charge in [-0.15, -0.1) is 0 Å². The van der Waals surface area contributed by atoms with Gasteiger partial charge in [0, 0.05) is 24.2 Å². The first-order chi connectivity index (χ1) is 11.7. The lowest BCUT2D eigenvalue weighted by Crippen LogP contribution is -1.98. The summed E-state index contributed by atoms with van der Waals surface area (Å²) >= 11 is 0. The number of carboxylic acid groups (broad SMARTS) is 2. The molecule has 0 heterocycles. The fourth-order valence-electron chi connectivity index (χ4n) is 1.34. The largest absolute Gasteiger partial charge is 0.508 e. The van der Waals surface area contributed by atoms with Crippen LogP contribution in [0, 0.1) is 0 Å². The van der Waals surface area contributed by atoms with E-state index in [1.807, 2.05) is 0 Å². The summed E-state index contributed by atoms with van der Waals surface area (Å²) < 4.78 is 0. The molecule has 0 aliphatic heterocycles. The average Bonchev–Trinajstić information content (AvgIpc) is 2.54. The molecule has 0 saturated heterocycles. The van der Waals surface area contributed by atoms with Crippen LogP contribution in [0.3, 0.4) is 0 Å². The van der Waals surface area contributed by atoms with Gasteiger partial charge in [0.25, 0.3) is 0 Å². The van der Waals surface area contributed by atoms with E-state index in [1.54, 1.807) is 48.5 Å². The predicted molar refractivity (Wildman–Crippen MR) is 94.2 cm³/mol. The van der Waals surface area contributed by atoms with Crippen molar-refractivity contribution in [2.24, 2.45) is 0 Å². The summed E-state index contributed by atoms with van der Waals surface area (Å²) in [5, 5.41) is 33.5. The molecular weight excluding hydrogens is 328 g/mol. The van der Waals surface area contributed by atoms with Crippen LogP contribution in [0.1, 0.15) is 19.3 Å². The zero-order chi connectivity index (χ0) is 19.2. The number of carboxylic acids is 2. The zero-order valence-corrected chi connectivity index (χ0v) is 13.5. The second-order valence-electron chi connectivity index (χ2n) is 4.82. The van der Waals surface area contributed by atoms with Gasteiger partial charge < -0.3 is 31.9 Å². The highest BCUT2D eigenvalue weighted by atomic mass is 16.4. The van der Waals surface area contributed by atoms with Crippen LogP contribution in [-0.2, 0) is 9.59 Å². The molecule has 2 aromatic carbocycles. The van der Waals surface area contributed by atoms with Crippen molar-refractivity contribution in [2.75, 3.05) is 11.5 Å². The number of anilines is 2. The number of aromatic hydroxyl groups is 2. The molecule has 0 unspecified atom stereocenters. The Hall–Kier alpha value is -3.42. The summed E-state index contributed by atoms with van der Waals surface area (Å²) in [6.45, 7) is 0. The number of aliphatic carboxylic acids is 2. The summed E-state index contributed by atoms with van der Waals surface area (Å²) in [6.07, 6.45) is 0.0866. The van der Waals surface area contributed by atoms with Crippen molar-refractivity contribution in [1.29, 1.82) is 0 Å². The number of hydrogen-bond acceptors (Lipinski definition) is 6. The molecule has 0 aromatic heterocycles. The highest BCUT2D eigenvalue weighted by Gasteiger charge is 1.99. The van der Waals surface area contributed by atoms with Crippen molar-refractivity contribution >= 4 is 23.3 Å². The minimum Gasteiger partial charge on any atom is -0.508 e. The standard InChI is InChI=1S/2C6H7NO.C5H8O4/c2*7-5-1-3-6(8)4-2-5;6-4(7)2-1-3-5(8)9/h2*1-4,8H,7H2;1-3H2,(H,6,7)(H,8,9). The van der Waals surface area contributed by atoms with E-state index >= 15 is 0 Å². The third kappa shape index (κ3) is 13.9. The molecule has 0 aliphatic carbocycles. The van der Waals surface area contributed by atoms with Crippen LogP contribution in [0.5, 0.6) is 11.5 Å². The highest BCUT2D eigenvalue weighted by Crippen LogP contribution is 2.10. The maximum absolute atomic E-state index is 9.79. The third-order valence-corrected chi connectivity index (χ3v) is 2.57. The first kappa shape index (κ1) is 21.6. The van der Waals surface area contributed by atoms with Crippen LogP contribution < -0.4 is 11.5 Å². The molecule has 25 heavy (non-hydrogen) atoms. The summed E-state index contributed by atoms with van der Waals surface area (Å²) in [7, 11) is 0. The molecule has 2 aromatic rings. The Bertz CT molecular complexity index is 542. The molecule has 0 saturated carbocycles. The topological polar surface area (TPSA) is 167 Å². The minimum absolute atomic E-state index is 0.0632. The molecule has 0 aliphatic rings. The molecule has 8 nitrogen and oxygen atoms in total. The van der Waals surface area contributed by atoms with Crippen molar-refractivity contribution in [2.45, 2.75) is 19.3 Å². The van der Waals surface area contributed by atoms with Crippen molar-refractivity contribution in [3.8, 4) is 11.5 Å². The van der Waals surface area contributed by atoms with Crippen LogP contribution in [0.15, 0.2) is 48.5 Å². The van der Waals surface area contributed by atoms with Gasteiger partial charge >= 0.3 is 11.9 Å². The molecule has 0 atom stereocenters. The molecular formula is C17H22N2O6. The van der Waals surface area contributed by atoms with Crippen LogP contribution in [0.4, 0.5) is 11.4 Å². The van der Waals surface area contributed by atoms with Gasteiger partial charge in [-0.3, -0.25) is 9.59 Å². The Morgan fingerprint density at radius 2 is 0.960 bits per heavy atom. The fraction of sp³-hybridized carbons (Fsp3) is 0.176. The number of phenols is 2. The van der Waals surface area contributed by atoms with Gasteiger partial charge in [-0.2, -0.15) is 0 Å². The second-order valence-corrected chi connectivity index (χ2v) is 4.82. The molecule has 0 fully saturated rings. The van der Waals surface area contributed by atoms with Crippen LogP contribution >= 0.6 is 0 Å². The van der Waals surface area contributed by atoms with E-state index in [0.717, 1.165) is 0 Å². The maximum atomic E-state index is 9.79. The molecule has 0 spiro atoms. The number of nitrogen functional groups attached to an aromatic ring is 2. The Morgan fingerprint density at radius 1 is 0.680 bits per heavy atom. The van der Waals surface area contributed by atoms with Crippen molar-refractivity contribution in [3.05, 3.63) is 48.5 Å². The summed E-state index contributed by atoms with van der Waals surface area (Å²) in [4.78, 5) is 19.6. The normalized spacial score (nSPS) is 8.96. The summed E-state index contributed by atoms with van der Waals surface area (Å²) in [6, 6.07) is 12.8. The maximum Gasteiger partial charge on any atom is 0.303 e. The lowest BCUT2D eigenvalue weighted by molar-refractivity contribution is -0.138. The van der Waals surface area contributed by atoms with Gasteiger partial charge in [0.2, 0.25) is 0 Å². The summed E-state index contributed by atoms with van der Waals surface area (Å²) in [5.41, 5.74) is 12.0.